The Labute approximate surface area is 438 Å². The molecule has 0 saturated heterocycles. The highest BCUT2D eigenvalue weighted by Gasteiger charge is 2.18. The first-order valence-corrected chi connectivity index (χ1v) is 26.5. The second-order valence-corrected chi connectivity index (χ2v) is 20.7. The molecule has 0 radical (unpaired) electrons. The zero-order valence-corrected chi connectivity index (χ0v) is 41.7. The zero-order valence-electron chi connectivity index (χ0n) is 40.9. The van der Waals surface area contributed by atoms with Gasteiger partial charge in [0.15, 0.2) is 0 Å². The van der Waals surface area contributed by atoms with E-state index in [1.165, 1.54) is 113 Å². The van der Waals surface area contributed by atoms with Crippen molar-refractivity contribution in [3.63, 3.8) is 0 Å². The molecule has 0 spiro atoms. The van der Waals surface area contributed by atoms with Crippen molar-refractivity contribution >= 4 is 103 Å². The minimum atomic E-state index is 1.08. The third-order valence-corrected chi connectivity index (χ3v) is 16.6. The van der Waals surface area contributed by atoms with E-state index in [9.17, 15) is 0 Å². The predicted molar refractivity (Wildman–Crippen MR) is 323 cm³/mol. The van der Waals surface area contributed by atoms with E-state index in [-0.39, 0.29) is 0 Å². The predicted octanol–water partition coefficient (Wildman–Crippen LogP) is 20.7. The second-order valence-electron chi connectivity index (χ2n) is 19.6. The van der Waals surface area contributed by atoms with Crippen molar-refractivity contribution in [1.82, 2.24) is 4.57 Å². The Morgan fingerprint density at radius 1 is 0.267 bits per heavy atom. The number of thiophene rings is 1. The lowest BCUT2D eigenvalue weighted by Gasteiger charge is -2.26. The molecule has 2 aromatic heterocycles. The molecule has 0 unspecified atom stereocenters. The number of aromatic nitrogens is 1. The van der Waals surface area contributed by atoms with Gasteiger partial charge in [0.1, 0.15) is 0 Å². The summed E-state index contributed by atoms with van der Waals surface area (Å²) < 4.78 is 5.08. The molecular weight excluding hydrogens is 925 g/mol. The monoisotopic (exact) mass is 970 g/mol. The number of rotatable bonds is 8. The molecule has 0 fully saturated rings. The summed E-state index contributed by atoms with van der Waals surface area (Å²) in [4.78, 5) is 2.38. The average molecular weight is 971 g/mol. The van der Waals surface area contributed by atoms with Crippen LogP contribution in [0.3, 0.4) is 0 Å². The lowest BCUT2D eigenvalue weighted by molar-refractivity contribution is 1.18. The number of benzene rings is 13. The summed E-state index contributed by atoms with van der Waals surface area (Å²) in [6, 6.07) is 103. The molecule has 2 nitrogen and oxygen atoms in total. The topological polar surface area (TPSA) is 8.17 Å². The van der Waals surface area contributed by atoms with Crippen molar-refractivity contribution in [3.8, 4) is 50.2 Å². The van der Waals surface area contributed by atoms with Crippen LogP contribution in [0.5, 0.6) is 0 Å². The van der Waals surface area contributed by atoms with Crippen molar-refractivity contribution in [1.29, 1.82) is 0 Å². The maximum absolute atomic E-state index is 2.42. The fourth-order valence-corrected chi connectivity index (χ4v) is 13.0. The van der Waals surface area contributed by atoms with Crippen LogP contribution in [0.4, 0.5) is 17.1 Å². The van der Waals surface area contributed by atoms with Gasteiger partial charge in [0.25, 0.3) is 0 Å². The van der Waals surface area contributed by atoms with Gasteiger partial charge in [-0.25, -0.2) is 0 Å². The van der Waals surface area contributed by atoms with Crippen LogP contribution in [0.15, 0.2) is 279 Å². The minimum absolute atomic E-state index is 1.08. The van der Waals surface area contributed by atoms with Gasteiger partial charge in [-0.05, 0) is 144 Å². The molecule has 350 valence electrons. The quantitative estimate of drug-likeness (QED) is 0.138. The van der Waals surface area contributed by atoms with Crippen molar-refractivity contribution in [2.75, 3.05) is 4.90 Å². The van der Waals surface area contributed by atoms with Crippen LogP contribution in [0, 0.1) is 0 Å². The second kappa shape index (κ2) is 17.6. The number of hydrogen-bond acceptors (Lipinski definition) is 2. The van der Waals surface area contributed by atoms with E-state index in [4.69, 9.17) is 0 Å². The number of nitrogens with zero attached hydrogens (tertiary/aromatic N) is 2. The van der Waals surface area contributed by atoms with E-state index in [2.05, 4.69) is 289 Å². The molecule has 15 aromatic rings. The van der Waals surface area contributed by atoms with Gasteiger partial charge in [0, 0.05) is 53.6 Å². The Bertz CT molecular complexity index is 4640. The molecule has 0 saturated carbocycles. The molecule has 0 N–H and O–H groups in total. The standard InChI is InChI=1S/C72H46N2S/c1-3-16-60-49(12-1)24-25-52-26-27-55(45-67(52)60)54-15-11-14-53(44-54)47-28-36-57(37-29-47)73(58-38-30-48(31-39-58)56-35-42-65-66-43-34-50-13-2-4-18-62(50)72(66)75-71(65)46-56)59-40-32-51(33-41-59)61-17-5-8-21-68(61)74-69-22-9-6-19-63(69)64-20-7-10-23-70(64)74/h1-46H. The van der Waals surface area contributed by atoms with Crippen LogP contribution in [-0.4, -0.2) is 4.57 Å². The molecule has 0 amide bonds. The number of hydrogen-bond donors (Lipinski definition) is 0. The van der Waals surface area contributed by atoms with Crippen molar-refractivity contribution in [3.05, 3.63) is 279 Å². The summed E-state index contributed by atoms with van der Waals surface area (Å²) >= 11 is 1.89. The molecule has 13 aromatic carbocycles. The summed E-state index contributed by atoms with van der Waals surface area (Å²) in [5.74, 6) is 0. The minimum Gasteiger partial charge on any atom is -0.311 e. The molecule has 0 bridgehead atoms. The van der Waals surface area contributed by atoms with E-state index >= 15 is 0 Å². The summed E-state index contributed by atoms with van der Waals surface area (Å²) in [5, 5.41) is 12.8. The molecule has 3 heteroatoms. The first-order chi connectivity index (χ1) is 37.2. The van der Waals surface area contributed by atoms with E-state index in [0.29, 0.717) is 0 Å². The molecule has 0 aliphatic rings. The molecule has 15 rings (SSSR count). The SMILES string of the molecule is c1cc(-c2ccc(N(c3ccc(-c4ccc5c(c4)sc4c6ccccc6ccc54)cc3)c3ccc(-c4ccccc4-n4c5ccccc5c5ccccc54)cc3)cc2)cc(-c2ccc3ccc4ccccc4c3c2)c1. The first kappa shape index (κ1) is 43.1. The molecule has 2 heterocycles. The Hall–Kier alpha value is -9.54. The number of anilines is 3. The van der Waals surface area contributed by atoms with Gasteiger partial charge >= 0.3 is 0 Å². The molecular formula is C72H46N2S. The fourth-order valence-electron chi connectivity index (χ4n) is 11.7. The van der Waals surface area contributed by atoms with Gasteiger partial charge in [-0.1, -0.05) is 206 Å². The van der Waals surface area contributed by atoms with Crippen LogP contribution in [-0.2, 0) is 0 Å². The maximum Gasteiger partial charge on any atom is 0.0541 e. The third-order valence-electron chi connectivity index (χ3n) is 15.4. The molecule has 0 aliphatic heterocycles. The Balaban J connectivity index is 0.802. The Kier molecular flexibility index (Phi) is 10.1. The van der Waals surface area contributed by atoms with E-state index in [1.807, 2.05) is 11.3 Å². The van der Waals surface area contributed by atoms with Gasteiger partial charge in [-0.2, -0.15) is 0 Å². The molecule has 75 heavy (non-hydrogen) atoms. The average Bonchev–Trinajstić information content (AvgIpc) is 4.03. The molecule has 0 aliphatic carbocycles. The van der Waals surface area contributed by atoms with Gasteiger partial charge in [-0.15, -0.1) is 11.3 Å². The van der Waals surface area contributed by atoms with Gasteiger partial charge in [0.05, 0.1) is 16.7 Å². The zero-order chi connectivity index (χ0) is 49.4. The highest BCUT2D eigenvalue weighted by molar-refractivity contribution is 7.26. The van der Waals surface area contributed by atoms with E-state index < -0.39 is 0 Å². The largest absolute Gasteiger partial charge is 0.311 e. The Morgan fingerprint density at radius 3 is 1.40 bits per heavy atom. The highest BCUT2D eigenvalue weighted by atomic mass is 32.1. The van der Waals surface area contributed by atoms with E-state index in [1.54, 1.807) is 0 Å². The van der Waals surface area contributed by atoms with Crippen molar-refractivity contribution in [2.24, 2.45) is 0 Å². The Morgan fingerprint density at radius 2 is 0.720 bits per heavy atom. The van der Waals surface area contributed by atoms with Crippen molar-refractivity contribution < 1.29 is 0 Å². The highest BCUT2D eigenvalue weighted by Crippen LogP contribution is 2.43. The maximum atomic E-state index is 2.42. The van der Waals surface area contributed by atoms with Gasteiger partial charge < -0.3 is 9.47 Å². The summed E-state index contributed by atoms with van der Waals surface area (Å²) in [6.07, 6.45) is 0. The summed E-state index contributed by atoms with van der Waals surface area (Å²) in [5.41, 5.74) is 16.3. The van der Waals surface area contributed by atoms with Crippen LogP contribution in [0.2, 0.25) is 0 Å². The van der Waals surface area contributed by atoms with E-state index in [0.717, 1.165) is 28.3 Å². The van der Waals surface area contributed by atoms with Crippen molar-refractivity contribution in [2.45, 2.75) is 0 Å². The summed E-state index contributed by atoms with van der Waals surface area (Å²) in [7, 11) is 0. The lowest BCUT2D eigenvalue weighted by Crippen LogP contribution is -2.09. The normalized spacial score (nSPS) is 11.7. The third kappa shape index (κ3) is 7.31. The number of fused-ring (bicyclic) bond motifs is 11. The van der Waals surface area contributed by atoms with Crippen LogP contribution >= 0.6 is 11.3 Å². The smallest absolute Gasteiger partial charge is 0.0541 e. The van der Waals surface area contributed by atoms with Gasteiger partial charge in [0.2, 0.25) is 0 Å². The number of para-hydroxylation sites is 3. The van der Waals surface area contributed by atoms with Crippen LogP contribution in [0.1, 0.15) is 0 Å². The first-order valence-electron chi connectivity index (χ1n) is 25.7. The van der Waals surface area contributed by atoms with Crippen LogP contribution < -0.4 is 4.90 Å². The summed E-state index contributed by atoms with van der Waals surface area (Å²) in [6.45, 7) is 0. The lowest BCUT2D eigenvalue weighted by atomic mass is 9.95. The van der Waals surface area contributed by atoms with Crippen LogP contribution in [0.25, 0.3) is 124 Å². The van der Waals surface area contributed by atoms with Gasteiger partial charge in [-0.3, -0.25) is 0 Å². The molecule has 0 atom stereocenters. The fraction of sp³-hybridized carbons (Fsp3) is 0.